The lowest BCUT2D eigenvalue weighted by Gasteiger charge is -2.32. The molecular formula is C13H11Cl2F2N3O3. The number of allylic oxidation sites excluding steroid dienone is 2. The molecule has 1 aromatic rings. The highest BCUT2D eigenvalue weighted by Gasteiger charge is 2.45. The molecule has 2 rings (SSSR count). The van der Waals surface area contributed by atoms with Crippen molar-refractivity contribution in [1.29, 1.82) is 0 Å². The van der Waals surface area contributed by atoms with Crippen molar-refractivity contribution < 1.29 is 23.5 Å². The van der Waals surface area contributed by atoms with Gasteiger partial charge in [-0.25, -0.2) is 8.78 Å². The molecule has 124 valence electrons. The minimum atomic E-state index is -2.97. The number of aryl methyl sites for hydroxylation is 1. The molecule has 1 heterocycles. The smallest absolute Gasteiger partial charge is 0.315 e. The number of rotatable bonds is 4. The molecule has 0 fully saturated rings. The molecule has 23 heavy (non-hydrogen) atoms. The molecule has 1 amide bonds. The molecule has 2 N–H and O–H groups in total. The third kappa shape index (κ3) is 3.37. The van der Waals surface area contributed by atoms with Crippen LogP contribution >= 0.6 is 23.2 Å². The lowest BCUT2D eigenvalue weighted by molar-refractivity contribution is -0.141. The fourth-order valence-corrected chi connectivity index (χ4v) is 2.93. The van der Waals surface area contributed by atoms with E-state index < -0.39 is 40.5 Å². The summed E-state index contributed by atoms with van der Waals surface area (Å²) in [6, 6.07) is 0. The summed E-state index contributed by atoms with van der Waals surface area (Å²) >= 11 is 12.0. The molecule has 1 aliphatic carbocycles. The minimum absolute atomic E-state index is 0.101. The van der Waals surface area contributed by atoms with Gasteiger partial charge in [-0.15, -0.1) is 0 Å². The largest absolute Gasteiger partial charge is 0.481 e. The van der Waals surface area contributed by atoms with Crippen molar-refractivity contribution in [3.05, 3.63) is 40.7 Å². The number of carboxylic acids is 1. The van der Waals surface area contributed by atoms with Gasteiger partial charge in [0, 0.05) is 18.3 Å². The van der Waals surface area contributed by atoms with Gasteiger partial charge in [-0.1, -0.05) is 29.3 Å². The summed E-state index contributed by atoms with van der Waals surface area (Å²) in [6.45, 7) is 0. The number of halogens is 4. The Morgan fingerprint density at radius 3 is 2.74 bits per heavy atom. The molecule has 0 saturated heterocycles. The Bertz CT molecular complexity index is 717. The Balaban J connectivity index is 2.34. The molecule has 0 radical (unpaired) electrons. The van der Waals surface area contributed by atoms with Gasteiger partial charge in [0.05, 0.1) is 5.56 Å². The highest BCUT2D eigenvalue weighted by atomic mass is 35.5. The second-order valence-electron chi connectivity index (χ2n) is 4.81. The summed E-state index contributed by atoms with van der Waals surface area (Å²) in [5.41, 5.74) is -1.12. The lowest BCUT2D eigenvalue weighted by atomic mass is 9.93. The highest BCUT2D eigenvalue weighted by molar-refractivity contribution is 6.35. The molecule has 1 aliphatic rings. The quantitative estimate of drug-likeness (QED) is 0.633. The Labute approximate surface area is 139 Å². The Hall–Kier alpha value is -1.93. The number of nitrogens with one attached hydrogen (secondary N) is 1. The van der Waals surface area contributed by atoms with Crippen molar-refractivity contribution in [2.24, 2.45) is 13.0 Å². The maximum atomic E-state index is 12.9. The van der Waals surface area contributed by atoms with E-state index in [1.807, 2.05) is 0 Å². The van der Waals surface area contributed by atoms with Gasteiger partial charge in [-0.05, 0) is 12.2 Å². The maximum absolute atomic E-state index is 12.9. The zero-order valence-corrected chi connectivity index (χ0v) is 13.1. The normalized spacial score (nSPS) is 23.7. The highest BCUT2D eigenvalue weighted by Crippen LogP contribution is 2.36. The molecule has 6 nitrogen and oxygen atoms in total. The first-order chi connectivity index (χ1) is 10.7. The second-order valence-corrected chi connectivity index (χ2v) is 5.87. The van der Waals surface area contributed by atoms with E-state index in [4.69, 9.17) is 23.2 Å². The molecule has 0 aromatic carbocycles. The van der Waals surface area contributed by atoms with E-state index in [9.17, 15) is 23.5 Å². The first kappa shape index (κ1) is 17.4. The predicted molar refractivity (Wildman–Crippen MR) is 78.4 cm³/mol. The average Bonchev–Trinajstić information content (AvgIpc) is 2.80. The van der Waals surface area contributed by atoms with Crippen LogP contribution in [-0.4, -0.2) is 31.8 Å². The van der Waals surface area contributed by atoms with Gasteiger partial charge in [0.15, 0.2) is 5.00 Å². The molecule has 0 spiro atoms. The van der Waals surface area contributed by atoms with E-state index in [1.165, 1.54) is 25.3 Å². The molecule has 1 aromatic heterocycles. The summed E-state index contributed by atoms with van der Waals surface area (Å²) in [6.07, 6.45) is 2.03. The first-order valence-corrected chi connectivity index (χ1v) is 7.02. The van der Waals surface area contributed by atoms with Crippen molar-refractivity contribution in [3.8, 4) is 0 Å². The van der Waals surface area contributed by atoms with Crippen molar-refractivity contribution in [2.75, 3.05) is 0 Å². The molecule has 0 saturated carbocycles. The number of carboxylic acid groups (broad SMARTS) is 1. The predicted octanol–water partition coefficient (Wildman–Crippen LogP) is 2.42. The second kappa shape index (κ2) is 6.29. The van der Waals surface area contributed by atoms with Crippen LogP contribution in [0.1, 0.15) is 22.5 Å². The molecule has 0 bridgehead atoms. The van der Waals surface area contributed by atoms with Gasteiger partial charge in [-0.3, -0.25) is 14.3 Å². The van der Waals surface area contributed by atoms with Gasteiger partial charge in [-0.2, -0.15) is 5.10 Å². The monoisotopic (exact) mass is 365 g/mol. The Morgan fingerprint density at radius 1 is 1.52 bits per heavy atom. The van der Waals surface area contributed by atoms with E-state index in [2.05, 4.69) is 10.4 Å². The number of alkyl halides is 3. The van der Waals surface area contributed by atoms with Crippen LogP contribution in [-0.2, 0) is 11.8 Å². The number of aliphatic carboxylic acids is 1. The third-order valence-electron chi connectivity index (χ3n) is 3.15. The number of aromatic nitrogens is 2. The van der Waals surface area contributed by atoms with Crippen molar-refractivity contribution in [1.82, 2.24) is 15.1 Å². The van der Waals surface area contributed by atoms with Crippen LogP contribution in [0.4, 0.5) is 8.78 Å². The zero-order valence-electron chi connectivity index (χ0n) is 11.6. The van der Waals surface area contributed by atoms with Gasteiger partial charge in [0.25, 0.3) is 12.3 Å². The first-order valence-electron chi connectivity index (χ1n) is 6.26. The Morgan fingerprint density at radius 2 is 2.17 bits per heavy atom. The zero-order chi connectivity index (χ0) is 17.4. The number of hydrogen-bond donors (Lipinski definition) is 2. The van der Waals surface area contributed by atoms with E-state index in [-0.39, 0.29) is 5.03 Å². The van der Waals surface area contributed by atoms with Crippen LogP contribution < -0.4 is 5.32 Å². The van der Waals surface area contributed by atoms with E-state index in [0.717, 1.165) is 10.9 Å². The van der Waals surface area contributed by atoms with E-state index in [0.29, 0.717) is 0 Å². The molecular weight excluding hydrogens is 355 g/mol. The van der Waals surface area contributed by atoms with Gasteiger partial charge in [0.2, 0.25) is 0 Å². The van der Waals surface area contributed by atoms with E-state index >= 15 is 0 Å². The van der Waals surface area contributed by atoms with Gasteiger partial charge in [0.1, 0.15) is 11.6 Å². The summed E-state index contributed by atoms with van der Waals surface area (Å²) < 4.78 is 26.9. The van der Waals surface area contributed by atoms with Crippen molar-refractivity contribution in [2.45, 2.75) is 11.4 Å². The number of amides is 1. The minimum Gasteiger partial charge on any atom is -0.481 e. The maximum Gasteiger partial charge on any atom is 0.315 e. The van der Waals surface area contributed by atoms with Gasteiger partial charge < -0.3 is 10.4 Å². The van der Waals surface area contributed by atoms with Crippen LogP contribution in [0, 0.1) is 5.92 Å². The van der Waals surface area contributed by atoms with Crippen LogP contribution in [0.5, 0.6) is 0 Å². The molecule has 2 atom stereocenters. The fraction of sp³-hybridized carbons (Fsp3) is 0.308. The average molecular weight is 366 g/mol. The summed E-state index contributed by atoms with van der Waals surface area (Å²) in [5, 5.41) is 14.9. The summed E-state index contributed by atoms with van der Waals surface area (Å²) in [7, 11) is 1.37. The molecule has 10 heteroatoms. The van der Waals surface area contributed by atoms with Crippen LogP contribution in [0.2, 0.25) is 0 Å². The number of nitrogens with zero attached hydrogens (tertiary/aromatic N) is 2. The third-order valence-corrected chi connectivity index (χ3v) is 3.93. The van der Waals surface area contributed by atoms with Crippen LogP contribution in [0.3, 0.4) is 0 Å². The Kier molecular flexibility index (Phi) is 4.76. The number of carbonyl (C=O) groups is 2. The number of carbonyl (C=O) groups excluding carboxylic acids is 1. The van der Waals surface area contributed by atoms with Crippen molar-refractivity contribution >= 4 is 35.1 Å². The van der Waals surface area contributed by atoms with Gasteiger partial charge >= 0.3 is 5.97 Å². The summed E-state index contributed by atoms with van der Waals surface area (Å²) in [4.78, 5) is 21.7. The lowest BCUT2D eigenvalue weighted by Crippen LogP contribution is -2.51. The molecule has 0 aliphatic heterocycles. The SMILES string of the molecule is Cn1cc(C(=O)NC2(Cl)C=CC=C(Cl)[C@@H]2C(=O)O)c(C(F)F)n1. The fourth-order valence-electron chi connectivity index (χ4n) is 2.17. The van der Waals surface area contributed by atoms with Crippen LogP contribution in [0.25, 0.3) is 0 Å². The van der Waals surface area contributed by atoms with E-state index in [1.54, 1.807) is 0 Å². The van der Waals surface area contributed by atoms with Crippen molar-refractivity contribution in [3.63, 3.8) is 0 Å². The van der Waals surface area contributed by atoms with Crippen LogP contribution in [0.15, 0.2) is 29.5 Å². The summed E-state index contributed by atoms with van der Waals surface area (Å²) in [5.74, 6) is -3.80. The molecule has 1 unspecified atom stereocenters. The standard InChI is InChI=1S/C13H11Cl2F2N3O3/c1-20-5-6(9(19-20)10(16)17)11(21)18-13(15)4-2-3-7(14)8(13)12(22)23/h2-5,8,10H,1H3,(H,18,21)(H,22,23)/t8-,13?/m1/s1. The number of hydrogen-bond acceptors (Lipinski definition) is 3. The topological polar surface area (TPSA) is 84.2 Å².